The molecular weight excluding hydrogens is 300 g/mol. The molecule has 22 heavy (non-hydrogen) atoms. The van der Waals surface area contributed by atoms with Crippen LogP contribution in [0.2, 0.25) is 5.02 Å². The molecule has 120 valence electrons. The first-order chi connectivity index (χ1) is 10.5. The van der Waals surface area contributed by atoms with Crippen LogP contribution in [0.5, 0.6) is 0 Å². The fourth-order valence-electron chi connectivity index (χ4n) is 2.50. The maximum Gasteiger partial charge on any atom is 0.209 e. The average molecular weight is 323 g/mol. The summed E-state index contributed by atoms with van der Waals surface area (Å²) in [5.74, 6) is 1.70. The van der Waals surface area contributed by atoms with Crippen LogP contribution in [0.15, 0.2) is 34.3 Å². The molecule has 1 aliphatic rings. The average Bonchev–Trinajstić information content (AvgIpc) is 2.53. The Morgan fingerprint density at radius 2 is 1.68 bits per heavy atom. The zero-order valence-corrected chi connectivity index (χ0v) is 14.3. The number of nitrogens with zero attached hydrogens (tertiary/aromatic N) is 2. The van der Waals surface area contributed by atoms with Gasteiger partial charge in [0.2, 0.25) is 11.8 Å². The molecule has 1 aromatic carbocycles. The largest absolute Gasteiger partial charge is 0.483 e. The lowest BCUT2D eigenvalue weighted by Gasteiger charge is -2.27. The molecule has 1 aliphatic heterocycles. The van der Waals surface area contributed by atoms with Gasteiger partial charge in [0.05, 0.1) is 14.2 Å². The van der Waals surface area contributed by atoms with Gasteiger partial charge in [0.25, 0.3) is 0 Å². The van der Waals surface area contributed by atoms with Crippen molar-refractivity contribution in [1.29, 1.82) is 0 Å². The van der Waals surface area contributed by atoms with E-state index in [1.54, 1.807) is 14.2 Å². The van der Waals surface area contributed by atoms with E-state index in [0.717, 1.165) is 17.9 Å². The Morgan fingerprint density at radius 3 is 2.23 bits per heavy atom. The number of benzene rings is 1. The van der Waals surface area contributed by atoms with E-state index in [-0.39, 0.29) is 12.1 Å². The van der Waals surface area contributed by atoms with Crippen molar-refractivity contribution in [2.45, 2.75) is 38.8 Å². The highest BCUT2D eigenvalue weighted by Crippen LogP contribution is 2.20. The lowest BCUT2D eigenvalue weighted by Crippen LogP contribution is -2.37. The Hall–Kier alpha value is -1.55. The van der Waals surface area contributed by atoms with Crippen LogP contribution < -0.4 is 0 Å². The van der Waals surface area contributed by atoms with Crippen molar-refractivity contribution >= 4 is 23.4 Å². The third-order valence-corrected chi connectivity index (χ3v) is 4.01. The third kappa shape index (κ3) is 4.01. The van der Waals surface area contributed by atoms with E-state index in [1.807, 2.05) is 24.3 Å². The molecule has 5 heteroatoms. The van der Waals surface area contributed by atoms with Crippen LogP contribution in [-0.4, -0.2) is 38.1 Å². The van der Waals surface area contributed by atoms with Gasteiger partial charge in [-0.3, -0.25) is 0 Å². The van der Waals surface area contributed by atoms with Crippen molar-refractivity contribution in [2.24, 2.45) is 15.9 Å². The van der Waals surface area contributed by atoms with Crippen molar-refractivity contribution in [2.75, 3.05) is 14.2 Å². The van der Waals surface area contributed by atoms with Gasteiger partial charge < -0.3 is 9.47 Å². The van der Waals surface area contributed by atoms with Gasteiger partial charge in [-0.2, -0.15) is 0 Å². The van der Waals surface area contributed by atoms with Crippen molar-refractivity contribution < 1.29 is 9.47 Å². The molecule has 0 saturated carbocycles. The second-order valence-electron chi connectivity index (χ2n) is 5.71. The Kier molecular flexibility index (Phi) is 5.83. The number of hydrogen-bond donors (Lipinski definition) is 0. The van der Waals surface area contributed by atoms with Crippen molar-refractivity contribution in [1.82, 2.24) is 0 Å². The number of methoxy groups -OCH3 is 2. The van der Waals surface area contributed by atoms with Crippen LogP contribution >= 0.6 is 11.6 Å². The van der Waals surface area contributed by atoms with E-state index in [1.165, 1.54) is 5.56 Å². The van der Waals surface area contributed by atoms with E-state index >= 15 is 0 Å². The summed E-state index contributed by atoms with van der Waals surface area (Å²) in [7, 11) is 3.30. The quantitative estimate of drug-likeness (QED) is 0.847. The molecule has 0 fully saturated rings. The molecule has 2 unspecified atom stereocenters. The summed E-state index contributed by atoms with van der Waals surface area (Å²) in [5.41, 5.74) is 1.22. The first-order valence-corrected chi connectivity index (χ1v) is 7.90. The predicted molar refractivity (Wildman–Crippen MR) is 91.1 cm³/mol. The molecule has 0 radical (unpaired) electrons. The normalized spacial score (nSPS) is 21.4. The molecule has 2 rings (SSSR count). The summed E-state index contributed by atoms with van der Waals surface area (Å²) >= 11 is 5.91. The summed E-state index contributed by atoms with van der Waals surface area (Å²) in [5, 5.41) is 0.750. The molecule has 0 amide bonds. The van der Waals surface area contributed by atoms with Gasteiger partial charge in [-0.05, 0) is 36.5 Å². The van der Waals surface area contributed by atoms with E-state index in [2.05, 4.69) is 18.8 Å². The smallest absolute Gasteiger partial charge is 0.209 e. The monoisotopic (exact) mass is 322 g/mol. The summed E-state index contributed by atoms with van der Waals surface area (Å²) in [6.07, 6.45) is 1.71. The Labute approximate surface area is 137 Å². The number of ether oxygens (including phenoxy) is 2. The standard InChI is InChI=1S/C17H23ClN2O2/c1-11(2)15-17(22-4)19-14(16(20-15)21-3)10-7-12-5-8-13(18)9-6-12/h5-6,8-9,11,14-15H,7,10H2,1-4H3. The number of aliphatic imine (C=N–C) groups is 2. The van der Waals surface area contributed by atoms with Crippen molar-refractivity contribution in [3.05, 3.63) is 34.9 Å². The first kappa shape index (κ1) is 16.8. The topological polar surface area (TPSA) is 43.2 Å². The molecule has 0 saturated heterocycles. The lowest BCUT2D eigenvalue weighted by atomic mass is 10.0. The molecule has 0 spiro atoms. The van der Waals surface area contributed by atoms with Gasteiger partial charge in [0.1, 0.15) is 12.1 Å². The number of rotatable bonds is 4. The fraction of sp³-hybridized carbons (Fsp3) is 0.529. The van der Waals surface area contributed by atoms with Crippen LogP contribution in [0, 0.1) is 5.92 Å². The summed E-state index contributed by atoms with van der Waals surface area (Å²) in [4.78, 5) is 9.38. The van der Waals surface area contributed by atoms with Gasteiger partial charge in [-0.15, -0.1) is 0 Å². The zero-order valence-electron chi connectivity index (χ0n) is 13.5. The van der Waals surface area contributed by atoms with E-state index < -0.39 is 0 Å². The Morgan fingerprint density at radius 1 is 1.05 bits per heavy atom. The Balaban J connectivity index is 2.10. The zero-order chi connectivity index (χ0) is 16.1. The van der Waals surface area contributed by atoms with E-state index in [9.17, 15) is 0 Å². The molecule has 1 heterocycles. The van der Waals surface area contributed by atoms with Gasteiger partial charge >= 0.3 is 0 Å². The molecule has 0 aliphatic carbocycles. The van der Waals surface area contributed by atoms with Gasteiger partial charge in [-0.1, -0.05) is 37.6 Å². The van der Waals surface area contributed by atoms with Gasteiger partial charge in [-0.25, -0.2) is 9.98 Å². The molecule has 0 aromatic heterocycles. The van der Waals surface area contributed by atoms with Crippen LogP contribution in [0.25, 0.3) is 0 Å². The minimum absolute atomic E-state index is 0.0632. The number of halogens is 1. The summed E-state index contributed by atoms with van der Waals surface area (Å²) in [6, 6.07) is 7.72. The second-order valence-corrected chi connectivity index (χ2v) is 6.15. The fourth-order valence-corrected chi connectivity index (χ4v) is 2.63. The minimum Gasteiger partial charge on any atom is -0.483 e. The minimum atomic E-state index is -0.0920. The number of hydrogen-bond acceptors (Lipinski definition) is 4. The van der Waals surface area contributed by atoms with Crippen LogP contribution in [0.4, 0.5) is 0 Å². The van der Waals surface area contributed by atoms with Gasteiger partial charge in [0.15, 0.2) is 0 Å². The molecule has 1 aromatic rings. The molecule has 2 atom stereocenters. The lowest BCUT2D eigenvalue weighted by molar-refractivity contribution is 0.331. The highest BCUT2D eigenvalue weighted by Gasteiger charge is 2.30. The summed E-state index contributed by atoms with van der Waals surface area (Å²) in [6.45, 7) is 4.20. The number of aryl methyl sites for hydroxylation is 1. The first-order valence-electron chi connectivity index (χ1n) is 7.53. The van der Waals surface area contributed by atoms with Crippen LogP contribution in [0.1, 0.15) is 25.8 Å². The molecule has 0 N–H and O–H groups in total. The van der Waals surface area contributed by atoms with E-state index in [0.29, 0.717) is 17.7 Å². The maximum absolute atomic E-state index is 5.91. The van der Waals surface area contributed by atoms with Crippen LogP contribution in [0.3, 0.4) is 0 Å². The molecule has 4 nitrogen and oxygen atoms in total. The predicted octanol–water partition coefficient (Wildman–Crippen LogP) is 3.77. The summed E-state index contributed by atoms with van der Waals surface area (Å²) < 4.78 is 10.9. The van der Waals surface area contributed by atoms with Gasteiger partial charge in [0, 0.05) is 5.02 Å². The van der Waals surface area contributed by atoms with Crippen molar-refractivity contribution in [3.8, 4) is 0 Å². The van der Waals surface area contributed by atoms with Crippen LogP contribution in [-0.2, 0) is 15.9 Å². The maximum atomic E-state index is 5.91. The third-order valence-electron chi connectivity index (χ3n) is 3.76. The highest BCUT2D eigenvalue weighted by molar-refractivity contribution is 6.30. The van der Waals surface area contributed by atoms with E-state index in [4.69, 9.17) is 26.1 Å². The molecular formula is C17H23ClN2O2. The molecule has 0 bridgehead atoms. The highest BCUT2D eigenvalue weighted by atomic mass is 35.5. The Bertz CT molecular complexity index is 552. The SMILES string of the molecule is COC1=NC(C(C)C)C(OC)=NC1CCc1ccc(Cl)cc1. The second kappa shape index (κ2) is 7.63. The van der Waals surface area contributed by atoms with Crippen molar-refractivity contribution in [3.63, 3.8) is 0 Å².